The van der Waals surface area contributed by atoms with E-state index in [0.29, 0.717) is 24.0 Å². The summed E-state index contributed by atoms with van der Waals surface area (Å²) in [4.78, 5) is 0. The minimum absolute atomic E-state index is 0.398. The van der Waals surface area contributed by atoms with Gasteiger partial charge >= 0.3 is 0 Å². The average Bonchev–Trinajstić information content (AvgIpc) is 2.60. The third-order valence-electron chi connectivity index (χ3n) is 2.55. The molecule has 0 N–H and O–H groups in total. The minimum Gasteiger partial charge on any atom is -0.375 e. The van der Waals surface area contributed by atoms with Crippen LogP contribution in [0.1, 0.15) is 34.1 Å². The van der Waals surface area contributed by atoms with Crippen molar-refractivity contribution in [2.45, 2.75) is 46.3 Å². The van der Waals surface area contributed by atoms with E-state index in [2.05, 4.69) is 27.7 Å². The maximum absolute atomic E-state index is 5.58. The van der Waals surface area contributed by atoms with Gasteiger partial charge in [0.2, 0.25) is 0 Å². The Morgan fingerprint density at radius 1 is 0.923 bits per heavy atom. The topological polar surface area (TPSA) is 18.5 Å². The van der Waals surface area contributed by atoms with Gasteiger partial charge in [-0.2, -0.15) is 0 Å². The molecule has 2 nitrogen and oxygen atoms in total. The maximum Gasteiger partial charge on any atom is 0.0887 e. The van der Waals surface area contributed by atoms with Crippen molar-refractivity contribution in [1.82, 2.24) is 0 Å². The van der Waals surface area contributed by atoms with Crippen molar-refractivity contribution < 1.29 is 9.47 Å². The number of hydrogen-bond donors (Lipinski definition) is 0. The molecule has 4 unspecified atom stereocenters. The molecule has 4 atom stereocenters. The molecule has 2 heterocycles. The fraction of sp³-hybridized carbons (Fsp3) is 1.00. The Balaban J connectivity index is 0.000000251. The van der Waals surface area contributed by atoms with Gasteiger partial charge in [0.15, 0.2) is 0 Å². The minimum atomic E-state index is 0.398. The molecule has 2 aliphatic rings. The fourth-order valence-electron chi connectivity index (χ4n) is 1.88. The van der Waals surface area contributed by atoms with Crippen LogP contribution < -0.4 is 0 Å². The first-order valence-electron chi connectivity index (χ1n) is 5.43. The number of fused-ring (bicyclic) bond motifs is 1. The van der Waals surface area contributed by atoms with Crippen LogP contribution in [0, 0.1) is 11.8 Å². The van der Waals surface area contributed by atoms with Crippen LogP contribution in [0.4, 0.5) is 0 Å². The van der Waals surface area contributed by atoms with Crippen molar-refractivity contribution in [1.29, 1.82) is 0 Å². The van der Waals surface area contributed by atoms with Gasteiger partial charge in [-0.25, -0.2) is 0 Å². The molecule has 0 aromatic heterocycles. The van der Waals surface area contributed by atoms with Gasteiger partial charge in [0.05, 0.1) is 25.4 Å². The van der Waals surface area contributed by atoms with E-state index in [-0.39, 0.29) is 0 Å². The number of rotatable bonds is 0. The monoisotopic (exact) mass is 186 g/mol. The van der Waals surface area contributed by atoms with E-state index in [9.17, 15) is 0 Å². The van der Waals surface area contributed by atoms with Crippen molar-refractivity contribution in [3.8, 4) is 0 Å². The predicted molar refractivity (Wildman–Crippen MR) is 53.8 cm³/mol. The summed E-state index contributed by atoms with van der Waals surface area (Å²) < 4.78 is 11.2. The zero-order valence-corrected chi connectivity index (χ0v) is 9.25. The highest BCUT2D eigenvalue weighted by atomic mass is 16.6. The zero-order chi connectivity index (χ0) is 9.84. The van der Waals surface area contributed by atoms with Crippen LogP contribution in [0.2, 0.25) is 0 Å². The second-order valence-corrected chi connectivity index (χ2v) is 4.26. The first-order chi connectivity index (χ1) is 6.20. The maximum atomic E-state index is 5.58. The lowest BCUT2D eigenvalue weighted by Gasteiger charge is -2.10. The third kappa shape index (κ3) is 2.44. The molecule has 78 valence electrons. The van der Waals surface area contributed by atoms with Gasteiger partial charge in [0.1, 0.15) is 0 Å². The lowest BCUT2D eigenvalue weighted by Crippen LogP contribution is -2.23. The summed E-state index contributed by atoms with van der Waals surface area (Å²) in [5.74, 6) is 1.21. The van der Waals surface area contributed by atoms with Crippen molar-refractivity contribution in [2.24, 2.45) is 11.8 Å². The summed E-state index contributed by atoms with van der Waals surface area (Å²) >= 11 is 0. The molecule has 0 aliphatic carbocycles. The van der Waals surface area contributed by atoms with Gasteiger partial charge in [-0.1, -0.05) is 34.1 Å². The SMILES string of the molecule is CC1COC2C(C)COC12.CCC. The standard InChI is InChI=1S/C8H14O2.C3H8/c1-5-3-9-8-6(2)4-10-7(5)8;1-3-2/h5-8H,3-4H2,1-2H3;3H2,1-2H3. The molecule has 2 fully saturated rings. The first kappa shape index (κ1) is 11.0. The van der Waals surface area contributed by atoms with E-state index in [0.717, 1.165) is 13.2 Å². The van der Waals surface area contributed by atoms with Crippen molar-refractivity contribution in [3.05, 3.63) is 0 Å². The van der Waals surface area contributed by atoms with E-state index in [1.54, 1.807) is 0 Å². The summed E-state index contributed by atoms with van der Waals surface area (Å²) in [5, 5.41) is 0. The van der Waals surface area contributed by atoms with Gasteiger partial charge in [0, 0.05) is 11.8 Å². The van der Waals surface area contributed by atoms with Crippen LogP contribution in [0.15, 0.2) is 0 Å². The molecule has 13 heavy (non-hydrogen) atoms. The van der Waals surface area contributed by atoms with Crippen molar-refractivity contribution in [3.63, 3.8) is 0 Å². The Morgan fingerprint density at radius 3 is 1.54 bits per heavy atom. The van der Waals surface area contributed by atoms with Gasteiger partial charge in [0.25, 0.3) is 0 Å². The Hall–Kier alpha value is -0.0800. The molecule has 2 rings (SSSR count). The normalized spacial score (nSPS) is 42.5. The molecule has 0 aromatic rings. The molecular weight excluding hydrogens is 164 g/mol. The van der Waals surface area contributed by atoms with Crippen LogP contribution >= 0.6 is 0 Å². The van der Waals surface area contributed by atoms with Gasteiger partial charge < -0.3 is 9.47 Å². The molecule has 2 saturated heterocycles. The summed E-state index contributed by atoms with van der Waals surface area (Å²) in [6.45, 7) is 10.4. The lowest BCUT2D eigenvalue weighted by atomic mass is 9.99. The smallest absolute Gasteiger partial charge is 0.0887 e. The summed E-state index contributed by atoms with van der Waals surface area (Å²) in [7, 11) is 0. The largest absolute Gasteiger partial charge is 0.375 e. The summed E-state index contributed by atoms with van der Waals surface area (Å²) in [6.07, 6.45) is 2.05. The molecule has 0 radical (unpaired) electrons. The first-order valence-corrected chi connectivity index (χ1v) is 5.43. The molecule has 0 bridgehead atoms. The van der Waals surface area contributed by atoms with Crippen LogP contribution in [-0.2, 0) is 9.47 Å². The quantitative estimate of drug-likeness (QED) is 0.578. The zero-order valence-electron chi connectivity index (χ0n) is 9.25. The Morgan fingerprint density at radius 2 is 1.23 bits per heavy atom. The van der Waals surface area contributed by atoms with Crippen LogP contribution in [0.25, 0.3) is 0 Å². The Bertz CT molecular complexity index is 131. The second kappa shape index (κ2) is 4.97. The molecule has 0 spiro atoms. The van der Waals surface area contributed by atoms with E-state index >= 15 is 0 Å². The number of ether oxygens (including phenoxy) is 2. The molecule has 0 aromatic carbocycles. The van der Waals surface area contributed by atoms with Gasteiger partial charge in [-0.05, 0) is 0 Å². The van der Waals surface area contributed by atoms with Crippen molar-refractivity contribution in [2.75, 3.05) is 13.2 Å². The van der Waals surface area contributed by atoms with Gasteiger partial charge in [-0.15, -0.1) is 0 Å². The van der Waals surface area contributed by atoms with Crippen LogP contribution in [-0.4, -0.2) is 25.4 Å². The highest BCUT2D eigenvalue weighted by Crippen LogP contribution is 2.33. The Kier molecular flexibility index (Phi) is 4.20. The van der Waals surface area contributed by atoms with Crippen LogP contribution in [0.3, 0.4) is 0 Å². The van der Waals surface area contributed by atoms with Crippen LogP contribution in [0.5, 0.6) is 0 Å². The van der Waals surface area contributed by atoms with Gasteiger partial charge in [-0.3, -0.25) is 0 Å². The Labute approximate surface area is 81.6 Å². The van der Waals surface area contributed by atoms with E-state index in [4.69, 9.17) is 9.47 Å². The molecular formula is C11H22O2. The van der Waals surface area contributed by atoms with E-state index in [1.807, 2.05) is 0 Å². The van der Waals surface area contributed by atoms with E-state index in [1.165, 1.54) is 6.42 Å². The summed E-state index contributed by atoms with van der Waals surface area (Å²) in [6, 6.07) is 0. The lowest BCUT2D eigenvalue weighted by molar-refractivity contribution is 0.0627. The fourth-order valence-corrected chi connectivity index (χ4v) is 1.88. The van der Waals surface area contributed by atoms with E-state index < -0.39 is 0 Å². The summed E-state index contributed by atoms with van der Waals surface area (Å²) in [5.41, 5.74) is 0. The molecule has 0 saturated carbocycles. The second-order valence-electron chi connectivity index (χ2n) is 4.26. The third-order valence-corrected chi connectivity index (χ3v) is 2.55. The highest BCUT2D eigenvalue weighted by Gasteiger charge is 2.43. The predicted octanol–water partition coefficient (Wildman–Crippen LogP) is 2.47. The molecule has 0 amide bonds. The highest BCUT2D eigenvalue weighted by molar-refractivity contribution is 4.90. The average molecular weight is 186 g/mol. The number of hydrogen-bond acceptors (Lipinski definition) is 2. The van der Waals surface area contributed by atoms with Crippen molar-refractivity contribution >= 4 is 0 Å². The molecule has 2 heteroatoms. The molecule has 2 aliphatic heterocycles.